The molecule has 0 aromatic carbocycles. The molecular formula is C67H114O33. The first-order valence-corrected chi connectivity index (χ1v) is 35.4. The first kappa shape index (κ1) is 80.9. The van der Waals surface area contributed by atoms with Crippen molar-refractivity contribution in [1.29, 1.82) is 0 Å². The maximum Gasteiger partial charge on any atom is 0.222 e. The van der Waals surface area contributed by atoms with Gasteiger partial charge in [-0.05, 0) is 99.7 Å². The summed E-state index contributed by atoms with van der Waals surface area (Å²) in [4.78, 5) is 4.00. The van der Waals surface area contributed by atoms with Gasteiger partial charge in [-0.3, -0.25) is 0 Å². The quantitative estimate of drug-likeness (QED) is 0.0260. The Balaban J connectivity index is 0.794. The largest absolute Gasteiger partial charge is 0.394 e. The summed E-state index contributed by atoms with van der Waals surface area (Å²) < 4.78 is 71.8. The van der Waals surface area contributed by atoms with E-state index in [2.05, 4.69) is 38.7 Å². The van der Waals surface area contributed by atoms with Crippen LogP contribution in [0.2, 0.25) is 0 Å². The van der Waals surface area contributed by atoms with E-state index in [-0.39, 0.29) is 47.5 Å². The predicted molar refractivity (Wildman–Crippen MR) is 336 cm³/mol. The van der Waals surface area contributed by atoms with Gasteiger partial charge >= 0.3 is 0 Å². The summed E-state index contributed by atoms with van der Waals surface area (Å²) in [6.07, 6.45) is -40.8. The van der Waals surface area contributed by atoms with Crippen molar-refractivity contribution in [3.63, 3.8) is 0 Å². The molecule has 40 atom stereocenters. The van der Waals surface area contributed by atoms with Crippen molar-refractivity contribution in [2.75, 3.05) is 33.0 Å². The van der Waals surface area contributed by atoms with Crippen molar-refractivity contribution in [2.24, 2.45) is 57.2 Å². The van der Waals surface area contributed by atoms with E-state index < -0.39 is 245 Å². The van der Waals surface area contributed by atoms with Gasteiger partial charge in [-0.2, -0.15) is 0 Å². The molecule has 0 radical (unpaired) electrons. The highest BCUT2D eigenvalue weighted by Crippen LogP contribution is 2.75. The standard InChI is InChI=1S/C67H114O33/c1-25(11-15-39(64(6,7)86)97-62-55(98-60-53(84)46(77)43(74)32(21-69)92-60)41(72)26(2)33(93-62)22-88-56-42(73)27(3)40(71)31(20-68)91-56)28-17-18-65(8)36-14-12-29-30(67(36,10)37(70)19-66(28,65)9)13-16-38(63(29,4)5)96-59-52(83)48(79)45(76)35(95-59)24-89-57-50(81)47(78)44(75)34(94-57)23-90-58-51(82)49(80)54(85)61(99-58)100-87/h12,25-28,30-62,68-87H,11,13-24H2,1-10H3/t25-,26-,27+,28?,30?,31-,32+,33-,34-,35-,36?,37-,38+,39-,40+,41+,42-,43+,44-,45-,46-,47+,48+,49+,50-,51+,52-,53+,54-,55-,56-,57-,58+,59+,60-,61+,62+,65+,66-,67+/m1/s1. The fourth-order valence-corrected chi connectivity index (χ4v) is 18.6. The van der Waals surface area contributed by atoms with Crippen LogP contribution >= 0.6 is 0 Å². The van der Waals surface area contributed by atoms with Gasteiger partial charge in [0.25, 0.3) is 0 Å². The number of allylic oxidation sites excluding steroid dienone is 1. The van der Waals surface area contributed by atoms with E-state index in [1.165, 1.54) is 0 Å². The van der Waals surface area contributed by atoms with E-state index in [4.69, 9.17) is 62.1 Å². The molecule has 4 aliphatic carbocycles. The van der Waals surface area contributed by atoms with Crippen molar-refractivity contribution in [2.45, 2.75) is 317 Å². The molecule has 0 aromatic rings. The monoisotopic (exact) mass is 1450 g/mol. The van der Waals surface area contributed by atoms with Crippen molar-refractivity contribution < 1.29 is 164 Å². The summed E-state index contributed by atoms with van der Waals surface area (Å²) in [5, 5.41) is 217. The van der Waals surface area contributed by atoms with Crippen LogP contribution < -0.4 is 0 Å². The average Bonchev–Trinajstić information content (AvgIpc) is 1.20. The lowest BCUT2D eigenvalue weighted by Crippen LogP contribution is -2.65. The topological polar surface area (TPSA) is 525 Å². The Bertz CT molecular complexity index is 2670. The van der Waals surface area contributed by atoms with Crippen LogP contribution in [0.25, 0.3) is 0 Å². The second-order valence-corrected chi connectivity index (χ2v) is 32.1. The minimum atomic E-state index is -1.91. The summed E-state index contributed by atoms with van der Waals surface area (Å²) in [5.41, 5.74) is -2.51. The molecule has 0 aromatic heterocycles. The summed E-state index contributed by atoms with van der Waals surface area (Å²) in [6, 6.07) is 0. The molecular weight excluding hydrogens is 1330 g/mol. The molecule has 100 heavy (non-hydrogen) atoms. The Morgan fingerprint density at radius 1 is 0.500 bits per heavy atom. The van der Waals surface area contributed by atoms with Gasteiger partial charge in [-0.1, -0.05) is 67.0 Å². The molecule has 20 N–H and O–H groups in total. The smallest absolute Gasteiger partial charge is 0.222 e. The zero-order chi connectivity index (χ0) is 73.5. The molecule has 10 aliphatic rings. The van der Waals surface area contributed by atoms with Crippen LogP contribution in [0.4, 0.5) is 0 Å². The second-order valence-electron chi connectivity index (χ2n) is 32.1. The lowest BCUT2D eigenvalue weighted by Gasteiger charge is -2.67. The fourth-order valence-electron chi connectivity index (χ4n) is 18.6. The normalized spacial score (nSPS) is 52.1. The molecule has 9 fully saturated rings. The number of hydrogen-bond donors (Lipinski definition) is 20. The third-order valence-corrected chi connectivity index (χ3v) is 25.5. The lowest BCUT2D eigenvalue weighted by atomic mass is 9.38. The van der Waals surface area contributed by atoms with E-state index in [9.17, 15) is 97.0 Å². The summed E-state index contributed by atoms with van der Waals surface area (Å²) >= 11 is 0. The summed E-state index contributed by atoms with van der Waals surface area (Å²) in [5.74, 6) is -1.60. The van der Waals surface area contributed by atoms with Crippen LogP contribution in [0, 0.1) is 57.2 Å². The summed E-state index contributed by atoms with van der Waals surface area (Å²) in [6.45, 7) is 16.4. The average molecular weight is 1450 g/mol. The maximum absolute atomic E-state index is 12.9. The number of aliphatic hydroxyl groups is 19. The van der Waals surface area contributed by atoms with Crippen molar-refractivity contribution in [3.8, 4) is 0 Å². The van der Waals surface area contributed by atoms with Gasteiger partial charge in [0.05, 0.1) is 75.3 Å². The minimum absolute atomic E-state index is 0.00840. The van der Waals surface area contributed by atoms with Crippen LogP contribution in [0.3, 0.4) is 0 Å². The van der Waals surface area contributed by atoms with Gasteiger partial charge < -0.3 is 154 Å². The van der Waals surface area contributed by atoms with E-state index in [1.807, 2.05) is 13.8 Å². The first-order chi connectivity index (χ1) is 46.8. The predicted octanol–water partition coefficient (Wildman–Crippen LogP) is -4.58. The molecule has 0 bridgehead atoms. The number of ether oxygens (including phenoxy) is 12. The number of fused-ring (bicyclic) bond motifs is 5. The van der Waals surface area contributed by atoms with Gasteiger partial charge in [0.2, 0.25) is 6.29 Å². The molecule has 6 saturated heterocycles. The molecule has 6 heterocycles. The lowest BCUT2D eigenvalue weighted by molar-refractivity contribution is -0.430. The Morgan fingerprint density at radius 2 is 0.970 bits per heavy atom. The van der Waals surface area contributed by atoms with E-state index in [1.54, 1.807) is 27.7 Å². The molecule has 6 aliphatic heterocycles. The highest BCUT2D eigenvalue weighted by molar-refractivity contribution is 5.32. The third kappa shape index (κ3) is 14.9. The SMILES string of the molecule is C[C@@H]1[C@@H](O)[C@H](OC[C@H]2O[C@@H](O[C@H](CC[C@@H](C)C3CC[C@@]4(C)C5CC=C6C(CC[C@H](O[C@@H]7O[C@H](CO[C@@H]8O[C@H](CO[C@H]9O[C@@H](OO)[C@H](O)[C@@H](O)[C@@H]9O)[C@@H](O)[C@H](O)[C@H]8O)[C@@H](O)[C@H](O)[C@H]7O)C6(C)C)[C@]5(C)[C@H](O)C[C@]34C)C(C)(C)O)[C@H](O[C@H]3O[C@@H](CO)[C@H](O)[C@@H](O)[C@@H]3O)[C@@H](O)[C@@H]2C)O[C@H](CO)[C@H]1O. The number of hydrogen-bond acceptors (Lipinski definition) is 33. The van der Waals surface area contributed by atoms with Crippen molar-refractivity contribution in [1.82, 2.24) is 0 Å². The molecule has 0 amide bonds. The summed E-state index contributed by atoms with van der Waals surface area (Å²) in [7, 11) is 0. The molecule has 0 spiro atoms. The van der Waals surface area contributed by atoms with Crippen LogP contribution in [0.5, 0.6) is 0 Å². The number of rotatable bonds is 23. The van der Waals surface area contributed by atoms with Crippen LogP contribution in [-0.4, -0.2) is 331 Å². The van der Waals surface area contributed by atoms with Gasteiger partial charge in [-0.25, -0.2) is 10.1 Å². The van der Waals surface area contributed by atoms with Crippen LogP contribution in [0.15, 0.2) is 11.6 Å². The van der Waals surface area contributed by atoms with Gasteiger partial charge in [0.1, 0.15) is 110 Å². The Kier molecular flexibility index (Phi) is 25.5. The van der Waals surface area contributed by atoms with E-state index >= 15 is 0 Å². The number of aliphatic hydroxyl groups excluding tert-OH is 18. The van der Waals surface area contributed by atoms with Crippen molar-refractivity contribution in [3.05, 3.63) is 11.6 Å². The van der Waals surface area contributed by atoms with E-state index in [0.29, 0.717) is 32.1 Å². The molecule has 3 saturated carbocycles. The Morgan fingerprint density at radius 3 is 1.54 bits per heavy atom. The third-order valence-electron chi connectivity index (χ3n) is 25.5. The first-order valence-electron chi connectivity index (χ1n) is 35.4. The molecule has 3 unspecified atom stereocenters. The Labute approximate surface area is 580 Å². The van der Waals surface area contributed by atoms with Crippen LogP contribution in [0.1, 0.15) is 121 Å². The molecule has 33 nitrogen and oxygen atoms in total. The van der Waals surface area contributed by atoms with Crippen molar-refractivity contribution >= 4 is 0 Å². The molecule has 33 heteroatoms. The highest BCUT2D eigenvalue weighted by Gasteiger charge is 2.71. The van der Waals surface area contributed by atoms with Crippen LogP contribution in [-0.2, 0) is 61.7 Å². The fraction of sp³-hybridized carbons (Fsp3) is 0.970. The second kappa shape index (κ2) is 31.6. The highest BCUT2D eigenvalue weighted by atomic mass is 17.1. The zero-order valence-corrected chi connectivity index (χ0v) is 58.4. The molecule has 10 rings (SSSR count). The Hall–Kier alpha value is -1.58. The van der Waals surface area contributed by atoms with Gasteiger partial charge in [0, 0.05) is 22.7 Å². The zero-order valence-electron chi connectivity index (χ0n) is 58.4. The molecule has 580 valence electrons. The minimum Gasteiger partial charge on any atom is -0.394 e. The van der Waals surface area contributed by atoms with Gasteiger partial charge in [-0.15, -0.1) is 0 Å². The van der Waals surface area contributed by atoms with E-state index in [0.717, 1.165) is 18.4 Å². The van der Waals surface area contributed by atoms with Gasteiger partial charge in [0.15, 0.2) is 37.7 Å². The maximum atomic E-state index is 12.9.